The number of fused-ring (bicyclic) bond motifs is 1. The van der Waals surface area contributed by atoms with Gasteiger partial charge in [0.15, 0.2) is 0 Å². The van der Waals surface area contributed by atoms with Crippen LogP contribution in [0, 0.1) is 5.82 Å². The highest BCUT2D eigenvalue weighted by Gasteiger charge is 2.13. The number of nitrogens with zero attached hydrogens (tertiary/aromatic N) is 1. The zero-order valence-corrected chi connectivity index (χ0v) is 11.0. The molecule has 2 N–H and O–H groups in total. The molecule has 0 aliphatic rings. The van der Waals surface area contributed by atoms with Gasteiger partial charge in [-0.1, -0.05) is 42.5 Å². The van der Waals surface area contributed by atoms with Crippen molar-refractivity contribution in [2.24, 2.45) is 5.73 Å². The summed E-state index contributed by atoms with van der Waals surface area (Å²) < 4.78 is 13.7. The average molecular weight is 266 g/mol. The third-order valence-corrected chi connectivity index (χ3v) is 3.50. The van der Waals surface area contributed by atoms with E-state index < -0.39 is 0 Å². The smallest absolute Gasteiger partial charge is 0.126 e. The van der Waals surface area contributed by atoms with Crippen LogP contribution >= 0.6 is 0 Å². The summed E-state index contributed by atoms with van der Waals surface area (Å²) in [6, 6.07) is 14.4. The van der Waals surface area contributed by atoms with Gasteiger partial charge in [-0.2, -0.15) is 0 Å². The molecule has 0 spiro atoms. The maximum Gasteiger partial charge on any atom is 0.126 e. The van der Waals surface area contributed by atoms with Gasteiger partial charge in [-0.3, -0.25) is 4.98 Å². The van der Waals surface area contributed by atoms with E-state index in [1.165, 1.54) is 6.07 Å². The van der Waals surface area contributed by atoms with Gasteiger partial charge in [0, 0.05) is 23.8 Å². The third kappa shape index (κ3) is 2.40. The molecular weight excluding hydrogens is 251 g/mol. The Morgan fingerprint density at radius 1 is 1.00 bits per heavy atom. The predicted molar refractivity (Wildman–Crippen MR) is 78.8 cm³/mol. The van der Waals surface area contributed by atoms with Gasteiger partial charge in [0.1, 0.15) is 5.82 Å². The molecule has 2 aromatic carbocycles. The van der Waals surface area contributed by atoms with Crippen molar-refractivity contribution in [1.29, 1.82) is 0 Å². The molecule has 1 atom stereocenters. The van der Waals surface area contributed by atoms with Crippen LogP contribution in [-0.2, 0) is 6.42 Å². The molecule has 3 aromatic rings. The van der Waals surface area contributed by atoms with Gasteiger partial charge >= 0.3 is 0 Å². The highest BCUT2D eigenvalue weighted by Crippen LogP contribution is 2.24. The van der Waals surface area contributed by atoms with Crippen molar-refractivity contribution in [1.82, 2.24) is 4.98 Å². The summed E-state index contributed by atoms with van der Waals surface area (Å²) >= 11 is 0. The van der Waals surface area contributed by atoms with E-state index in [0.717, 1.165) is 16.3 Å². The zero-order chi connectivity index (χ0) is 13.9. The van der Waals surface area contributed by atoms with Crippen LogP contribution in [0.25, 0.3) is 10.8 Å². The highest BCUT2D eigenvalue weighted by molar-refractivity contribution is 5.85. The molecule has 0 bridgehead atoms. The number of benzene rings is 2. The van der Waals surface area contributed by atoms with Crippen molar-refractivity contribution < 1.29 is 4.39 Å². The molecule has 1 unspecified atom stereocenters. The Morgan fingerprint density at radius 3 is 2.60 bits per heavy atom. The number of pyridine rings is 1. The molecule has 3 heteroatoms. The maximum absolute atomic E-state index is 13.7. The van der Waals surface area contributed by atoms with Crippen molar-refractivity contribution in [2.45, 2.75) is 12.5 Å². The van der Waals surface area contributed by atoms with Gasteiger partial charge in [-0.05, 0) is 29.0 Å². The van der Waals surface area contributed by atoms with Crippen molar-refractivity contribution in [3.8, 4) is 0 Å². The van der Waals surface area contributed by atoms with Gasteiger partial charge in [-0.15, -0.1) is 0 Å². The quantitative estimate of drug-likeness (QED) is 0.786. The minimum atomic E-state index is -0.273. The molecule has 0 fully saturated rings. The van der Waals surface area contributed by atoms with Crippen LogP contribution in [0.4, 0.5) is 4.39 Å². The first kappa shape index (κ1) is 12.8. The van der Waals surface area contributed by atoms with E-state index in [4.69, 9.17) is 5.73 Å². The molecule has 0 aliphatic carbocycles. The molecule has 1 aromatic heterocycles. The summed E-state index contributed by atoms with van der Waals surface area (Å²) in [7, 11) is 0. The second kappa shape index (κ2) is 5.39. The fourth-order valence-electron chi connectivity index (χ4n) is 2.45. The number of nitrogens with two attached hydrogens (primary N) is 1. The Bertz CT molecular complexity index is 734. The molecule has 100 valence electrons. The van der Waals surface area contributed by atoms with Crippen molar-refractivity contribution in [2.75, 3.05) is 0 Å². The SMILES string of the molecule is NC(Cc1ccccc1F)c1cncc2ccccc12. The van der Waals surface area contributed by atoms with E-state index in [1.807, 2.05) is 36.5 Å². The van der Waals surface area contributed by atoms with E-state index in [0.29, 0.717) is 12.0 Å². The molecule has 0 amide bonds. The fraction of sp³-hybridized carbons (Fsp3) is 0.118. The van der Waals surface area contributed by atoms with Crippen molar-refractivity contribution in [3.05, 3.63) is 77.9 Å². The minimum absolute atomic E-state index is 0.212. The second-order valence-corrected chi connectivity index (χ2v) is 4.85. The first-order valence-corrected chi connectivity index (χ1v) is 6.57. The Hall–Kier alpha value is -2.26. The Kier molecular flexibility index (Phi) is 3.44. The average Bonchev–Trinajstić information content (AvgIpc) is 2.49. The molecular formula is C17H15FN2. The lowest BCUT2D eigenvalue weighted by molar-refractivity contribution is 0.594. The van der Waals surface area contributed by atoms with Crippen molar-refractivity contribution >= 4 is 10.8 Å². The molecule has 2 nitrogen and oxygen atoms in total. The molecule has 0 saturated carbocycles. The molecule has 0 saturated heterocycles. The van der Waals surface area contributed by atoms with Crippen LogP contribution in [0.1, 0.15) is 17.2 Å². The molecule has 3 rings (SSSR count). The predicted octanol–water partition coefficient (Wildman–Crippen LogP) is 3.62. The zero-order valence-electron chi connectivity index (χ0n) is 11.0. The highest BCUT2D eigenvalue weighted by atomic mass is 19.1. The van der Waals surface area contributed by atoms with Crippen LogP contribution < -0.4 is 5.73 Å². The summed E-state index contributed by atoms with van der Waals surface area (Å²) in [4.78, 5) is 4.22. The number of aromatic nitrogens is 1. The molecule has 0 radical (unpaired) electrons. The van der Waals surface area contributed by atoms with E-state index in [2.05, 4.69) is 4.98 Å². The number of hydrogen-bond acceptors (Lipinski definition) is 2. The normalized spacial score (nSPS) is 12.5. The standard InChI is InChI=1S/C17H15FN2/c18-16-8-4-2-5-12(16)9-17(19)15-11-20-10-13-6-1-3-7-14(13)15/h1-8,10-11,17H,9,19H2. The summed E-state index contributed by atoms with van der Waals surface area (Å²) in [6.07, 6.45) is 4.05. The summed E-state index contributed by atoms with van der Waals surface area (Å²) in [5.41, 5.74) is 7.84. The number of rotatable bonds is 3. The van der Waals surface area contributed by atoms with Crippen LogP contribution in [0.5, 0.6) is 0 Å². The first-order valence-electron chi connectivity index (χ1n) is 6.57. The van der Waals surface area contributed by atoms with Gasteiger partial charge in [0.2, 0.25) is 0 Å². The Labute approximate surface area is 117 Å². The van der Waals surface area contributed by atoms with Gasteiger partial charge in [0.25, 0.3) is 0 Å². The summed E-state index contributed by atoms with van der Waals surface area (Å²) in [5.74, 6) is -0.212. The third-order valence-electron chi connectivity index (χ3n) is 3.50. The fourth-order valence-corrected chi connectivity index (χ4v) is 2.45. The minimum Gasteiger partial charge on any atom is -0.324 e. The lowest BCUT2D eigenvalue weighted by atomic mass is 9.96. The van der Waals surface area contributed by atoms with E-state index >= 15 is 0 Å². The van der Waals surface area contributed by atoms with Gasteiger partial charge in [-0.25, -0.2) is 4.39 Å². The Morgan fingerprint density at radius 2 is 1.75 bits per heavy atom. The van der Waals surface area contributed by atoms with E-state index in [9.17, 15) is 4.39 Å². The largest absolute Gasteiger partial charge is 0.324 e. The van der Waals surface area contributed by atoms with Crippen LogP contribution in [0.15, 0.2) is 60.9 Å². The van der Waals surface area contributed by atoms with E-state index in [-0.39, 0.29) is 11.9 Å². The summed E-state index contributed by atoms with van der Waals surface area (Å²) in [5, 5.41) is 2.13. The van der Waals surface area contributed by atoms with E-state index in [1.54, 1.807) is 18.3 Å². The second-order valence-electron chi connectivity index (χ2n) is 4.85. The van der Waals surface area contributed by atoms with Crippen LogP contribution in [0.3, 0.4) is 0 Å². The molecule has 1 heterocycles. The summed E-state index contributed by atoms with van der Waals surface area (Å²) in [6.45, 7) is 0. The number of halogens is 1. The lowest BCUT2D eigenvalue weighted by Crippen LogP contribution is -2.15. The number of hydrogen-bond donors (Lipinski definition) is 1. The van der Waals surface area contributed by atoms with Gasteiger partial charge < -0.3 is 5.73 Å². The van der Waals surface area contributed by atoms with Crippen molar-refractivity contribution in [3.63, 3.8) is 0 Å². The molecule has 20 heavy (non-hydrogen) atoms. The maximum atomic E-state index is 13.7. The molecule has 0 aliphatic heterocycles. The van der Waals surface area contributed by atoms with Crippen LogP contribution in [-0.4, -0.2) is 4.98 Å². The van der Waals surface area contributed by atoms with Gasteiger partial charge in [0.05, 0.1) is 0 Å². The monoisotopic (exact) mass is 266 g/mol. The topological polar surface area (TPSA) is 38.9 Å². The van der Waals surface area contributed by atoms with Crippen LogP contribution in [0.2, 0.25) is 0 Å². The lowest BCUT2D eigenvalue weighted by Gasteiger charge is -2.14. The Balaban J connectivity index is 1.97. The first-order chi connectivity index (χ1) is 9.75.